The molecule has 0 nitrogen and oxygen atoms in total. The minimum Gasteiger partial charge on any atom is -0.134 e. The minimum absolute atomic E-state index is 1.30. The van der Waals surface area contributed by atoms with E-state index in [-0.39, 0.29) is 0 Å². The SMILES string of the molecule is CSc1ccc(-c2ccc(-c3ccccc3)s2)s1. The number of hydrogen-bond donors (Lipinski definition) is 0. The van der Waals surface area contributed by atoms with Gasteiger partial charge in [-0.05, 0) is 36.1 Å². The van der Waals surface area contributed by atoms with Crippen molar-refractivity contribution in [1.29, 1.82) is 0 Å². The van der Waals surface area contributed by atoms with Crippen LogP contribution in [0.15, 0.2) is 58.8 Å². The molecule has 0 saturated heterocycles. The third-order valence-corrected chi connectivity index (χ3v) is 6.19. The summed E-state index contributed by atoms with van der Waals surface area (Å²) in [7, 11) is 0. The molecule has 3 aromatic rings. The lowest BCUT2D eigenvalue weighted by molar-refractivity contribution is 1.70. The number of thioether (sulfide) groups is 1. The molecule has 0 spiro atoms. The molecule has 90 valence electrons. The Hall–Kier alpha value is -1.03. The van der Waals surface area contributed by atoms with Gasteiger partial charge in [0.05, 0.1) is 4.21 Å². The fourth-order valence-electron chi connectivity index (χ4n) is 1.79. The van der Waals surface area contributed by atoms with E-state index in [1.807, 2.05) is 34.4 Å². The molecule has 1 aromatic carbocycles. The summed E-state index contributed by atoms with van der Waals surface area (Å²) in [6.45, 7) is 0. The average molecular weight is 288 g/mol. The third kappa shape index (κ3) is 2.39. The maximum Gasteiger partial charge on any atom is 0.0602 e. The maximum atomic E-state index is 2.23. The largest absolute Gasteiger partial charge is 0.134 e. The molecule has 0 N–H and O–H groups in total. The quantitative estimate of drug-likeness (QED) is 0.543. The molecule has 0 saturated carbocycles. The van der Waals surface area contributed by atoms with Gasteiger partial charge in [0.25, 0.3) is 0 Å². The van der Waals surface area contributed by atoms with Crippen LogP contribution in [0, 0.1) is 0 Å². The molecule has 0 radical (unpaired) electrons. The van der Waals surface area contributed by atoms with Crippen molar-refractivity contribution in [2.75, 3.05) is 6.26 Å². The molecule has 0 amide bonds. The predicted molar refractivity (Wildman–Crippen MR) is 84.8 cm³/mol. The van der Waals surface area contributed by atoms with Gasteiger partial charge in [-0.15, -0.1) is 34.4 Å². The van der Waals surface area contributed by atoms with Gasteiger partial charge in [0, 0.05) is 14.6 Å². The first-order valence-electron chi connectivity index (χ1n) is 5.66. The fourth-order valence-corrected chi connectivity index (χ4v) is 4.44. The smallest absolute Gasteiger partial charge is 0.0602 e. The monoisotopic (exact) mass is 288 g/mol. The molecule has 18 heavy (non-hydrogen) atoms. The van der Waals surface area contributed by atoms with Gasteiger partial charge in [-0.25, -0.2) is 0 Å². The van der Waals surface area contributed by atoms with Crippen molar-refractivity contribution in [1.82, 2.24) is 0 Å². The molecule has 3 heteroatoms. The van der Waals surface area contributed by atoms with Crippen LogP contribution >= 0.6 is 34.4 Å². The molecule has 0 unspecified atom stereocenters. The Bertz CT molecular complexity index is 635. The second-order valence-corrected chi connectivity index (χ2v) is 7.13. The molecule has 2 heterocycles. The number of benzene rings is 1. The van der Waals surface area contributed by atoms with Crippen molar-refractivity contribution >= 4 is 34.4 Å². The lowest BCUT2D eigenvalue weighted by Gasteiger charge is -1.95. The molecule has 0 aliphatic heterocycles. The molecular weight excluding hydrogens is 276 g/mol. The molecule has 2 aromatic heterocycles. The van der Waals surface area contributed by atoms with Crippen molar-refractivity contribution in [3.05, 3.63) is 54.6 Å². The Morgan fingerprint density at radius 2 is 1.39 bits per heavy atom. The Morgan fingerprint density at radius 3 is 2.11 bits per heavy atom. The van der Waals surface area contributed by atoms with Gasteiger partial charge in [-0.2, -0.15) is 0 Å². The van der Waals surface area contributed by atoms with E-state index >= 15 is 0 Å². The van der Waals surface area contributed by atoms with Crippen molar-refractivity contribution in [2.24, 2.45) is 0 Å². The average Bonchev–Trinajstić information content (AvgIpc) is 3.08. The zero-order valence-corrected chi connectivity index (χ0v) is 12.4. The summed E-state index contributed by atoms with van der Waals surface area (Å²) in [4.78, 5) is 4.07. The van der Waals surface area contributed by atoms with Gasteiger partial charge >= 0.3 is 0 Å². The van der Waals surface area contributed by atoms with E-state index in [1.54, 1.807) is 0 Å². The lowest BCUT2D eigenvalue weighted by Crippen LogP contribution is -1.67. The third-order valence-electron chi connectivity index (χ3n) is 2.69. The van der Waals surface area contributed by atoms with Crippen LogP contribution in [0.2, 0.25) is 0 Å². The first-order valence-corrected chi connectivity index (χ1v) is 8.52. The zero-order valence-electron chi connectivity index (χ0n) is 9.92. The highest BCUT2D eigenvalue weighted by atomic mass is 32.2. The summed E-state index contributed by atoms with van der Waals surface area (Å²) >= 11 is 5.54. The fraction of sp³-hybridized carbons (Fsp3) is 0.0667. The van der Waals surface area contributed by atoms with E-state index in [1.165, 1.54) is 24.4 Å². The van der Waals surface area contributed by atoms with E-state index in [2.05, 4.69) is 60.9 Å². The van der Waals surface area contributed by atoms with Gasteiger partial charge in [0.1, 0.15) is 0 Å². The summed E-state index contributed by atoms with van der Waals surface area (Å²) in [5, 5.41) is 0. The standard InChI is InChI=1S/C15H12S3/c1-16-15-10-9-14(18-15)13-8-7-12(17-13)11-5-3-2-4-6-11/h2-10H,1H3. The van der Waals surface area contributed by atoms with Crippen LogP contribution < -0.4 is 0 Å². The van der Waals surface area contributed by atoms with Gasteiger partial charge in [-0.1, -0.05) is 30.3 Å². The summed E-state index contributed by atoms with van der Waals surface area (Å²) < 4.78 is 1.37. The van der Waals surface area contributed by atoms with Gasteiger partial charge < -0.3 is 0 Å². The highest BCUT2D eigenvalue weighted by Crippen LogP contribution is 2.39. The summed E-state index contributed by atoms with van der Waals surface area (Å²) in [6.07, 6.45) is 2.12. The first-order chi connectivity index (χ1) is 8.86. The molecular formula is C15H12S3. The van der Waals surface area contributed by atoms with E-state index in [0.29, 0.717) is 0 Å². The Morgan fingerprint density at radius 1 is 0.722 bits per heavy atom. The normalized spacial score (nSPS) is 10.7. The van der Waals surface area contributed by atoms with Crippen LogP contribution in [0.3, 0.4) is 0 Å². The molecule has 0 atom stereocenters. The molecule has 0 bridgehead atoms. The zero-order chi connectivity index (χ0) is 12.4. The van der Waals surface area contributed by atoms with Gasteiger partial charge in [0.15, 0.2) is 0 Å². The van der Waals surface area contributed by atoms with Crippen LogP contribution in [0.25, 0.3) is 20.2 Å². The van der Waals surface area contributed by atoms with E-state index in [9.17, 15) is 0 Å². The minimum atomic E-state index is 1.30. The van der Waals surface area contributed by atoms with Crippen LogP contribution in [0.4, 0.5) is 0 Å². The van der Waals surface area contributed by atoms with Gasteiger partial charge in [0.2, 0.25) is 0 Å². The number of rotatable bonds is 3. The second kappa shape index (κ2) is 5.31. The maximum absolute atomic E-state index is 2.23. The summed E-state index contributed by atoms with van der Waals surface area (Å²) in [6, 6.07) is 19.4. The van der Waals surface area contributed by atoms with Crippen molar-refractivity contribution in [3.8, 4) is 20.2 Å². The van der Waals surface area contributed by atoms with E-state index in [4.69, 9.17) is 0 Å². The summed E-state index contributed by atoms with van der Waals surface area (Å²) in [5.41, 5.74) is 1.30. The van der Waals surface area contributed by atoms with Crippen molar-refractivity contribution in [2.45, 2.75) is 4.21 Å². The Balaban J connectivity index is 1.94. The van der Waals surface area contributed by atoms with Crippen LogP contribution in [0.5, 0.6) is 0 Å². The lowest BCUT2D eigenvalue weighted by atomic mass is 10.2. The molecule has 0 fully saturated rings. The summed E-state index contributed by atoms with van der Waals surface area (Å²) in [5.74, 6) is 0. The highest BCUT2D eigenvalue weighted by Gasteiger charge is 2.07. The Labute approximate surface area is 119 Å². The van der Waals surface area contributed by atoms with Gasteiger partial charge in [-0.3, -0.25) is 0 Å². The molecule has 3 rings (SSSR count). The molecule has 0 aliphatic rings. The van der Waals surface area contributed by atoms with E-state index < -0.39 is 0 Å². The van der Waals surface area contributed by atoms with Crippen LogP contribution in [-0.2, 0) is 0 Å². The highest BCUT2D eigenvalue weighted by molar-refractivity contribution is 8.00. The second-order valence-electron chi connectivity index (χ2n) is 3.85. The van der Waals surface area contributed by atoms with Crippen molar-refractivity contribution < 1.29 is 0 Å². The molecule has 0 aliphatic carbocycles. The first kappa shape index (κ1) is 12.0. The van der Waals surface area contributed by atoms with Crippen molar-refractivity contribution in [3.63, 3.8) is 0 Å². The number of hydrogen-bond acceptors (Lipinski definition) is 3. The topological polar surface area (TPSA) is 0 Å². The predicted octanol–water partition coefficient (Wildman–Crippen LogP) is 5.87. The number of thiophene rings is 2. The Kier molecular flexibility index (Phi) is 3.55. The van der Waals surface area contributed by atoms with Crippen LogP contribution in [0.1, 0.15) is 0 Å². The van der Waals surface area contributed by atoms with E-state index in [0.717, 1.165) is 0 Å². The van der Waals surface area contributed by atoms with Crippen LogP contribution in [-0.4, -0.2) is 6.26 Å².